The van der Waals surface area contributed by atoms with E-state index in [4.69, 9.17) is 4.74 Å². The summed E-state index contributed by atoms with van der Waals surface area (Å²) in [5.41, 5.74) is -0.581. The summed E-state index contributed by atoms with van der Waals surface area (Å²) < 4.78 is 29.3. The largest absolute Gasteiger partial charge is 0.459 e. The fourth-order valence-electron chi connectivity index (χ4n) is 1.74. The standard InChI is InChI=1S/C10H19NO4S/c1-10(2,3)15-9(12)8-6-5-7-11(8)16(4,13)14/h8H,5-7H2,1-4H3. The quantitative estimate of drug-likeness (QED) is 0.678. The second-order valence-electron chi connectivity index (χ2n) is 5.07. The van der Waals surface area contributed by atoms with E-state index in [0.29, 0.717) is 19.4 Å². The van der Waals surface area contributed by atoms with Crippen LogP contribution in [0.15, 0.2) is 0 Å². The Morgan fingerprint density at radius 3 is 2.38 bits per heavy atom. The van der Waals surface area contributed by atoms with Gasteiger partial charge >= 0.3 is 5.97 Å². The molecule has 0 saturated carbocycles. The van der Waals surface area contributed by atoms with E-state index >= 15 is 0 Å². The molecule has 0 amide bonds. The Balaban J connectivity index is 2.77. The molecule has 16 heavy (non-hydrogen) atoms. The molecule has 1 rings (SSSR count). The van der Waals surface area contributed by atoms with Crippen LogP contribution in [0, 0.1) is 0 Å². The first kappa shape index (κ1) is 13.4. The van der Waals surface area contributed by atoms with E-state index in [1.54, 1.807) is 20.8 Å². The van der Waals surface area contributed by atoms with Crippen LogP contribution in [0.2, 0.25) is 0 Å². The van der Waals surface area contributed by atoms with Crippen LogP contribution < -0.4 is 0 Å². The molecule has 0 bridgehead atoms. The highest BCUT2D eigenvalue weighted by atomic mass is 32.2. The fraction of sp³-hybridized carbons (Fsp3) is 0.900. The SMILES string of the molecule is CC(C)(C)OC(=O)C1CCCN1S(C)(=O)=O. The molecule has 1 fully saturated rings. The zero-order valence-electron chi connectivity index (χ0n) is 10.2. The molecule has 1 unspecified atom stereocenters. The van der Waals surface area contributed by atoms with Crippen LogP contribution in [0.1, 0.15) is 33.6 Å². The van der Waals surface area contributed by atoms with E-state index in [9.17, 15) is 13.2 Å². The minimum atomic E-state index is -3.32. The van der Waals surface area contributed by atoms with Crippen molar-refractivity contribution in [2.75, 3.05) is 12.8 Å². The molecule has 0 aromatic heterocycles. The third-order valence-electron chi connectivity index (χ3n) is 2.31. The molecular weight excluding hydrogens is 230 g/mol. The molecule has 1 heterocycles. The van der Waals surface area contributed by atoms with Gasteiger partial charge in [0.15, 0.2) is 0 Å². The summed E-state index contributed by atoms with van der Waals surface area (Å²) in [6.07, 6.45) is 2.37. The second kappa shape index (κ2) is 4.33. The maximum absolute atomic E-state index is 11.8. The first-order valence-corrected chi connectivity index (χ1v) is 7.16. The predicted molar refractivity (Wildman–Crippen MR) is 60.4 cm³/mol. The zero-order valence-corrected chi connectivity index (χ0v) is 11.0. The summed E-state index contributed by atoms with van der Waals surface area (Å²) in [6, 6.07) is -0.644. The van der Waals surface area contributed by atoms with Gasteiger partial charge in [-0.05, 0) is 33.6 Å². The van der Waals surface area contributed by atoms with Crippen LogP contribution in [0.4, 0.5) is 0 Å². The summed E-state index contributed by atoms with van der Waals surface area (Å²) >= 11 is 0. The lowest BCUT2D eigenvalue weighted by molar-refractivity contribution is -0.158. The lowest BCUT2D eigenvalue weighted by atomic mass is 10.2. The summed E-state index contributed by atoms with van der Waals surface area (Å²) in [7, 11) is -3.32. The van der Waals surface area contributed by atoms with E-state index in [1.165, 1.54) is 4.31 Å². The van der Waals surface area contributed by atoms with Crippen molar-refractivity contribution >= 4 is 16.0 Å². The van der Waals surface area contributed by atoms with Crippen molar-refractivity contribution in [3.8, 4) is 0 Å². The number of hydrogen-bond acceptors (Lipinski definition) is 4. The maximum Gasteiger partial charge on any atom is 0.324 e. The van der Waals surface area contributed by atoms with Crippen molar-refractivity contribution in [3.05, 3.63) is 0 Å². The number of carbonyl (C=O) groups excluding carboxylic acids is 1. The Labute approximate surface area is 96.8 Å². The molecule has 1 saturated heterocycles. The van der Waals surface area contributed by atoms with E-state index in [2.05, 4.69) is 0 Å². The van der Waals surface area contributed by atoms with Gasteiger partial charge in [0.05, 0.1) is 6.26 Å². The highest BCUT2D eigenvalue weighted by molar-refractivity contribution is 7.88. The predicted octanol–water partition coefficient (Wildman–Crippen LogP) is 0.752. The molecule has 0 aromatic rings. The number of rotatable bonds is 2. The molecule has 5 nitrogen and oxygen atoms in total. The molecule has 6 heteroatoms. The topological polar surface area (TPSA) is 63.7 Å². The van der Waals surface area contributed by atoms with Crippen molar-refractivity contribution in [2.24, 2.45) is 0 Å². The zero-order chi connectivity index (χ0) is 12.6. The average molecular weight is 249 g/mol. The van der Waals surface area contributed by atoms with Gasteiger partial charge in [0.25, 0.3) is 0 Å². The first-order valence-electron chi connectivity index (χ1n) is 5.31. The summed E-state index contributed by atoms with van der Waals surface area (Å²) in [6.45, 7) is 5.71. The fourth-order valence-corrected chi connectivity index (χ4v) is 2.86. The van der Waals surface area contributed by atoms with Crippen LogP contribution in [0.5, 0.6) is 0 Å². The summed E-state index contributed by atoms with van der Waals surface area (Å²) in [4.78, 5) is 11.8. The van der Waals surface area contributed by atoms with Gasteiger partial charge in [-0.3, -0.25) is 4.79 Å². The summed E-state index contributed by atoms with van der Waals surface area (Å²) in [5.74, 6) is -0.449. The number of ether oxygens (including phenoxy) is 1. The smallest absolute Gasteiger partial charge is 0.324 e. The number of esters is 1. The third kappa shape index (κ3) is 3.45. The Kier molecular flexibility index (Phi) is 3.64. The highest BCUT2D eigenvalue weighted by Gasteiger charge is 2.38. The van der Waals surface area contributed by atoms with Gasteiger partial charge in [-0.2, -0.15) is 4.31 Å². The van der Waals surface area contributed by atoms with Gasteiger partial charge in [-0.1, -0.05) is 0 Å². The van der Waals surface area contributed by atoms with Crippen LogP contribution in [-0.2, 0) is 19.6 Å². The van der Waals surface area contributed by atoms with Crippen molar-refractivity contribution in [2.45, 2.75) is 45.3 Å². The van der Waals surface area contributed by atoms with Gasteiger partial charge in [-0.15, -0.1) is 0 Å². The molecule has 1 atom stereocenters. The molecule has 0 aliphatic carbocycles. The second-order valence-corrected chi connectivity index (χ2v) is 7.00. The highest BCUT2D eigenvalue weighted by Crippen LogP contribution is 2.23. The summed E-state index contributed by atoms with van der Waals surface area (Å²) in [5, 5.41) is 0. The number of carbonyl (C=O) groups is 1. The Bertz CT molecular complexity index is 369. The van der Waals surface area contributed by atoms with Gasteiger partial charge in [-0.25, -0.2) is 8.42 Å². The Morgan fingerprint density at radius 2 is 1.94 bits per heavy atom. The van der Waals surface area contributed by atoms with Crippen molar-refractivity contribution in [1.29, 1.82) is 0 Å². The maximum atomic E-state index is 11.8. The van der Waals surface area contributed by atoms with Crippen LogP contribution in [-0.4, -0.2) is 43.1 Å². The van der Waals surface area contributed by atoms with Crippen molar-refractivity contribution in [1.82, 2.24) is 4.31 Å². The molecule has 0 N–H and O–H groups in total. The van der Waals surface area contributed by atoms with Gasteiger partial charge < -0.3 is 4.74 Å². The number of hydrogen-bond donors (Lipinski definition) is 0. The van der Waals surface area contributed by atoms with Gasteiger partial charge in [0.2, 0.25) is 10.0 Å². The van der Waals surface area contributed by atoms with E-state index in [0.717, 1.165) is 6.26 Å². The van der Waals surface area contributed by atoms with E-state index in [1.807, 2.05) is 0 Å². The van der Waals surface area contributed by atoms with Crippen LogP contribution in [0.25, 0.3) is 0 Å². The molecule has 94 valence electrons. The van der Waals surface area contributed by atoms with Gasteiger partial charge in [0.1, 0.15) is 11.6 Å². The van der Waals surface area contributed by atoms with E-state index in [-0.39, 0.29) is 0 Å². The minimum absolute atomic E-state index is 0.405. The van der Waals surface area contributed by atoms with Gasteiger partial charge in [0, 0.05) is 6.54 Å². The van der Waals surface area contributed by atoms with Crippen molar-refractivity contribution < 1.29 is 17.9 Å². The Hall–Kier alpha value is -0.620. The lowest BCUT2D eigenvalue weighted by Crippen LogP contribution is -2.43. The van der Waals surface area contributed by atoms with E-state index < -0.39 is 27.6 Å². The monoisotopic (exact) mass is 249 g/mol. The number of sulfonamides is 1. The van der Waals surface area contributed by atoms with Crippen LogP contribution >= 0.6 is 0 Å². The normalized spacial score (nSPS) is 23.4. The molecule has 1 aliphatic rings. The molecule has 0 radical (unpaired) electrons. The molecule has 0 aromatic carbocycles. The van der Waals surface area contributed by atoms with Crippen molar-refractivity contribution in [3.63, 3.8) is 0 Å². The molecular formula is C10H19NO4S. The number of nitrogens with zero attached hydrogens (tertiary/aromatic N) is 1. The van der Waals surface area contributed by atoms with Crippen LogP contribution in [0.3, 0.4) is 0 Å². The molecule has 1 aliphatic heterocycles. The minimum Gasteiger partial charge on any atom is -0.459 e. The Morgan fingerprint density at radius 1 is 1.38 bits per heavy atom. The average Bonchev–Trinajstić information content (AvgIpc) is 2.45. The first-order chi connectivity index (χ1) is 7.11. The molecule has 0 spiro atoms. The third-order valence-corrected chi connectivity index (χ3v) is 3.60. The lowest BCUT2D eigenvalue weighted by Gasteiger charge is -2.25.